The predicted octanol–water partition coefficient (Wildman–Crippen LogP) is 5.10. The Labute approximate surface area is 126 Å². The Morgan fingerprint density at radius 2 is 1.95 bits per heavy atom. The molecule has 0 bridgehead atoms. The molecule has 0 aliphatic rings. The van der Waals surface area contributed by atoms with E-state index >= 15 is 0 Å². The Bertz CT molecular complexity index is 598. The van der Waals surface area contributed by atoms with Crippen LogP contribution in [0.15, 0.2) is 42.5 Å². The van der Waals surface area contributed by atoms with Crippen LogP contribution in [0.3, 0.4) is 0 Å². The average molecular weight is 287 g/mol. The monoisotopic (exact) mass is 287 g/mol. The van der Waals surface area contributed by atoms with E-state index in [0.717, 1.165) is 29.0 Å². The molecule has 0 aliphatic carbocycles. The number of hydrogen-bond donors (Lipinski definition) is 1. The molecule has 3 heteroatoms. The molecule has 2 rings (SSSR count). The first-order valence-electron chi connectivity index (χ1n) is 7.39. The van der Waals surface area contributed by atoms with Crippen LogP contribution in [0.5, 0.6) is 5.75 Å². The maximum Gasteiger partial charge on any atom is 0.123 e. The fourth-order valence-corrected chi connectivity index (χ4v) is 2.39. The molecule has 0 amide bonds. The van der Waals surface area contributed by atoms with Gasteiger partial charge < -0.3 is 10.1 Å². The molecular weight excluding hydrogens is 265 g/mol. The predicted molar refractivity (Wildman–Crippen MR) is 85.4 cm³/mol. The lowest BCUT2D eigenvalue weighted by Crippen LogP contribution is -2.11. The lowest BCUT2D eigenvalue weighted by molar-refractivity contribution is 0.340. The Morgan fingerprint density at radius 1 is 1.14 bits per heavy atom. The van der Waals surface area contributed by atoms with Gasteiger partial charge in [0.25, 0.3) is 0 Å². The first kappa shape index (κ1) is 15.4. The first-order chi connectivity index (χ1) is 10.1. The zero-order valence-corrected chi connectivity index (χ0v) is 12.8. The van der Waals surface area contributed by atoms with Crippen LogP contribution in [0, 0.1) is 12.7 Å². The second kappa shape index (κ2) is 7.11. The van der Waals surface area contributed by atoms with Gasteiger partial charge in [0, 0.05) is 5.69 Å². The number of anilines is 1. The van der Waals surface area contributed by atoms with Crippen LogP contribution in [-0.4, -0.2) is 6.61 Å². The molecule has 1 unspecified atom stereocenters. The van der Waals surface area contributed by atoms with Gasteiger partial charge in [-0.15, -0.1) is 0 Å². The van der Waals surface area contributed by atoms with Crippen LogP contribution in [0.25, 0.3) is 0 Å². The molecule has 0 aromatic heterocycles. The van der Waals surface area contributed by atoms with Gasteiger partial charge in [-0.05, 0) is 61.7 Å². The third-order valence-electron chi connectivity index (χ3n) is 3.50. The number of halogens is 1. The molecule has 0 fully saturated rings. The van der Waals surface area contributed by atoms with E-state index in [1.165, 1.54) is 6.07 Å². The highest BCUT2D eigenvalue weighted by molar-refractivity contribution is 5.55. The normalized spacial score (nSPS) is 12.0. The third-order valence-corrected chi connectivity index (χ3v) is 3.50. The van der Waals surface area contributed by atoms with Crippen molar-refractivity contribution in [3.8, 4) is 5.75 Å². The molecule has 2 nitrogen and oxygen atoms in total. The summed E-state index contributed by atoms with van der Waals surface area (Å²) in [5.41, 5.74) is 3.14. The van der Waals surface area contributed by atoms with Crippen LogP contribution < -0.4 is 10.1 Å². The number of hydrogen-bond acceptors (Lipinski definition) is 2. The van der Waals surface area contributed by atoms with Crippen molar-refractivity contribution in [2.75, 3.05) is 11.9 Å². The van der Waals surface area contributed by atoms with Crippen LogP contribution in [-0.2, 0) is 0 Å². The van der Waals surface area contributed by atoms with E-state index < -0.39 is 0 Å². The molecule has 0 radical (unpaired) electrons. The maximum atomic E-state index is 13.4. The zero-order chi connectivity index (χ0) is 15.2. The highest BCUT2D eigenvalue weighted by Crippen LogP contribution is 2.27. The smallest absolute Gasteiger partial charge is 0.123 e. The van der Waals surface area contributed by atoms with Gasteiger partial charge in [0.1, 0.15) is 11.6 Å². The molecule has 2 aromatic carbocycles. The number of benzene rings is 2. The molecule has 2 aromatic rings. The number of rotatable bonds is 6. The highest BCUT2D eigenvalue weighted by atomic mass is 19.1. The molecule has 0 saturated carbocycles. The van der Waals surface area contributed by atoms with Gasteiger partial charge in [-0.25, -0.2) is 4.39 Å². The van der Waals surface area contributed by atoms with Crippen molar-refractivity contribution < 1.29 is 9.13 Å². The van der Waals surface area contributed by atoms with Gasteiger partial charge in [-0.2, -0.15) is 0 Å². The lowest BCUT2D eigenvalue weighted by atomic mass is 10.0. The molecule has 0 heterocycles. The Hall–Kier alpha value is -2.03. The zero-order valence-electron chi connectivity index (χ0n) is 12.8. The Morgan fingerprint density at radius 3 is 2.57 bits per heavy atom. The van der Waals surface area contributed by atoms with Crippen molar-refractivity contribution in [2.24, 2.45) is 0 Å². The van der Waals surface area contributed by atoms with Crippen molar-refractivity contribution >= 4 is 5.69 Å². The van der Waals surface area contributed by atoms with E-state index in [2.05, 4.69) is 12.2 Å². The van der Waals surface area contributed by atoms with Crippen molar-refractivity contribution in [3.05, 3.63) is 59.4 Å². The second-order valence-electron chi connectivity index (χ2n) is 5.07. The molecule has 112 valence electrons. The van der Waals surface area contributed by atoms with Crippen LogP contribution in [0.4, 0.5) is 10.1 Å². The summed E-state index contributed by atoms with van der Waals surface area (Å²) in [6.45, 7) is 6.77. The maximum absolute atomic E-state index is 13.4. The first-order valence-corrected chi connectivity index (χ1v) is 7.39. The summed E-state index contributed by atoms with van der Waals surface area (Å²) in [6, 6.07) is 12.8. The summed E-state index contributed by atoms with van der Waals surface area (Å²) in [5.74, 6) is 0.676. The van der Waals surface area contributed by atoms with E-state index in [1.807, 2.05) is 38.1 Å². The van der Waals surface area contributed by atoms with Gasteiger partial charge in [0.2, 0.25) is 0 Å². The molecule has 0 saturated heterocycles. The lowest BCUT2D eigenvalue weighted by Gasteiger charge is -2.20. The molecule has 1 atom stereocenters. The summed E-state index contributed by atoms with van der Waals surface area (Å²) in [5, 5.41) is 3.49. The standard InChI is InChI=1S/C18H22FNO/c1-4-17(14-7-6-8-15(19)12-14)20-18-10-9-16(21-5-2)11-13(18)3/h6-12,17,20H,4-5H2,1-3H3. The minimum absolute atomic E-state index is 0.0948. The van der Waals surface area contributed by atoms with E-state index in [9.17, 15) is 4.39 Å². The van der Waals surface area contributed by atoms with Crippen molar-refractivity contribution in [3.63, 3.8) is 0 Å². The topological polar surface area (TPSA) is 21.3 Å². The Balaban J connectivity index is 2.19. The highest BCUT2D eigenvalue weighted by Gasteiger charge is 2.11. The quantitative estimate of drug-likeness (QED) is 0.798. The summed E-state index contributed by atoms with van der Waals surface area (Å²) in [7, 11) is 0. The molecule has 21 heavy (non-hydrogen) atoms. The van der Waals surface area contributed by atoms with Gasteiger partial charge in [0.05, 0.1) is 12.6 Å². The van der Waals surface area contributed by atoms with Crippen LogP contribution in [0.2, 0.25) is 0 Å². The summed E-state index contributed by atoms with van der Waals surface area (Å²) in [6.07, 6.45) is 0.885. The van der Waals surface area contributed by atoms with Gasteiger partial charge in [0.15, 0.2) is 0 Å². The minimum Gasteiger partial charge on any atom is -0.494 e. The van der Waals surface area contributed by atoms with Crippen molar-refractivity contribution in [1.29, 1.82) is 0 Å². The second-order valence-corrected chi connectivity index (χ2v) is 5.07. The fourth-order valence-electron chi connectivity index (χ4n) is 2.39. The van der Waals surface area contributed by atoms with Gasteiger partial charge >= 0.3 is 0 Å². The number of aryl methyl sites for hydroxylation is 1. The largest absolute Gasteiger partial charge is 0.494 e. The number of nitrogens with one attached hydrogen (secondary N) is 1. The van der Waals surface area contributed by atoms with Gasteiger partial charge in [-0.3, -0.25) is 0 Å². The SMILES string of the molecule is CCOc1ccc(NC(CC)c2cccc(F)c2)c(C)c1. The summed E-state index contributed by atoms with van der Waals surface area (Å²) in [4.78, 5) is 0. The van der Waals surface area contributed by atoms with E-state index in [1.54, 1.807) is 12.1 Å². The summed E-state index contributed by atoms with van der Waals surface area (Å²) >= 11 is 0. The van der Waals surface area contributed by atoms with Gasteiger partial charge in [-0.1, -0.05) is 19.1 Å². The molecule has 1 N–H and O–H groups in total. The van der Waals surface area contributed by atoms with Crippen LogP contribution >= 0.6 is 0 Å². The summed E-state index contributed by atoms with van der Waals surface area (Å²) < 4.78 is 18.9. The molecular formula is C18H22FNO. The minimum atomic E-state index is -0.198. The van der Waals surface area contributed by atoms with E-state index in [0.29, 0.717) is 6.61 Å². The average Bonchev–Trinajstić information content (AvgIpc) is 2.47. The van der Waals surface area contributed by atoms with E-state index in [-0.39, 0.29) is 11.9 Å². The Kier molecular flexibility index (Phi) is 5.20. The fraction of sp³-hybridized carbons (Fsp3) is 0.333. The van der Waals surface area contributed by atoms with Crippen molar-refractivity contribution in [1.82, 2.24) is 0 Å². The van der Waals surface area contributed by atoms with E-state index in [4.69, 9.17) is 4.74 Å². The van der Waals surface area contributed by atoms with Crippen molar-refractivity contribution in [2.45, 2.75) is 33.2 Å². The molecule has 0 spiro atoms. The van der Waals surface area contributed by atoms with Crippen LogP contribution in [0.1, 0.15) is 37.4 Å². The third kappa shape index (κ3) is 3.97. The number of ether oxygens (including phenoxy) is 1. The molecule has 0 aliphatic heterocycles.